The minimum Gasteiger partial charge on any atom is -0.465 e. The molecule has 1 amide bonds. The number of hydrogen-bond acceptors (Lipinski definition) is 5. The van der Waals surface area contributed by atoms with Gasteiger partial charge in [-0.1, -0.05) is 38.1 Å². The number of methoxy groups -OCH3 is 1. The monoisotopic (exact) mass is 385 g/mol. The minimum atomic E-state index is -0.457. The summed E-state index contributed by atoms with van der Waals surface area (Å²) in [4.78, 5) is 26.0. The Bertz CT molecular complexity index is 963. The second-order valence-corrected chi connectivity index (χ2v) is 8.64. The first-order chi connectivity index (χ1) is 12.5. The van der Waals surface area contributed by atoms with E-state index >= 15 is 0 Å². The summed E-state index contributed by atoms with van der Waals surface area (Å²) in [5.74, 6) is -0.699. The number of anilines is 1. The van der Waals surface area contributed by atoms with Crippen LogP contribution in [-0.4, -0.2) is 24.2 Å². The lowest BCUT2D eigenvalue weighted by Gasteiger charge is -2.08. The number of carbonyl (C=O) groups excluding carboxylic acids is 2. The SMILES string of the molecule is COC(=O)c1c(NC(=O)c2cccc(SC(C)C)c2)sc2ccccc12. The molecule has 1 heterocycles. The Balaban J connectivity index is 1.93. The van der Waals surface area contributed by atoms with Crippen LogP contribution in [0.5, 0.6) is 0 Å². The molecule has 0 saturated carbocycles. The molecule has 1 N–H and O–H groups in total. The number of amides is 1. The van der Waals surface area contributed by atoms with E-state index in [2.05, 4.69) is 19.2 Å². The van der Waals surface area contributed by atoms with Gasteiger partial charge in [-0.3, -0.25) is 4.79 Å². The van der Waals surface area contributed by atoms with Gasteiger partial charge in [-0.25, -0.2) is 4.79 Å². The topological polar surface area (TPSA) is 55.4 Å². The molecule has 134 valence electrons. The summed E-state index contributed by atoms with van der Waals surface area (Å²) in [5.41, 5.74) is 0.957. The van der Waals surface area contributed by atoms with Crippen LogP contribution in [0.25, 0.3) is 10.1 Å². The maximum Gasteiger partial charge on any atom is 0.341 e. The first kappa shape index (κ1) is 18.5. The van der Waals surface area contributed by atoms with Crippen LogP contribution in [0.1, 0.15) is 34.6 Å². The van der Waals surface area contributed by atoms with E-state index in [1.54, 1.807) is 17.8 Å². The molecule has 0 radical (unpaired) electrons. The van der Waals surface area contributed by atoms with Gasteiger partial charge < -0.3 is 10.1 Å². The molecule has 0 aliphatic heterocycles. The number of esters is 1. The van der Waals surface area contributed by atoms with Crippen molar-refractivity contribution >= 4 is 50.1 Å². The van der Waals surface area contributed by atoms with E-state index in [-0.39, 0.29) is 5.91 Å². The van der Waals surface area contributed by atoms with Gasteiger partial charge in [0.25, 0.3) is 5.91 Å². The van der Waals surface area contributed by atoms with Crippen molar-refractivity contribution in [3.8, 4) is 0 Å². The highest BCUT2D eigenvalue weighted by Gasteiger charge is 2.21. The van der Waals surface area contributed by atoms with Crippen molar-refractivity contribution in [3.05, 3.63) is 59.7 Å². The largest absolute Gasteiger partial charge is 0.465 e. The Morgan fingerprint density at radius 1 is 1.12 bits per heavy atom. The van der Waals surface area contributed by atoms with E-state index in [1.165, 1.54) is 18.4 Å². The Labute approximate surface area is 160 Å². The quantitative estimate of drug-likeness (QED) is 0.469. The summed E-state index contributed by atoms with van der Waals surface area (Å²) in [7, 11) is 1.34. The fourth-order valence-electron chi connectivity index (χ4n) is 2.60. The van der Waals surface area contributed by atoms with Crippen LogP contribution >= 0.6 is 23.1 Å². The van der Waals surface area contributed by atoms with Gasteiger partial charge in [-0.2, -0.15) is 0 Å². The van der Waals surface area contributed by atoms with E-state index < -0.39 is 5.97 Å². The minimum absolute atomic E-state index is 0.243. The second kappa shape index (κ2) is 7.93. The van der Waals surface area contributed by atoms with Crippen LogP contribution < -0.4 is 5.32 Å². The molecule has 3 rings (SSSR count). The highest BCUT2D eigenvalue weighted by atomic mass is 32.2. The molecule has 2 aromatic carbocycles. The van der Waals surface area contributed by atoms with Gasteiger partial charge in [-0.15, -0.1) is 23.1 Å². The zero-order valence-electron chi connectivity index (χ0n) is 14.7. The predicted molar refractivity (Wildman–Crippen MR) is 109 cm³/mol. The molecule has 0 aliphatic rings. The van der Waals surface area contributed by atoms with Crippen molar-refractivity contribution in [1.82, 2.24) is 0 Å². The van der Waals surface area contributed by atoms with Crippen molar-refractivity contribution in [1.29, 1.82) is 0 Å². The number of carbonyl (C=O) groups is 2. The van der Waals surface area contributed by atoms with Gasteiger partial charge in [0.15, 0.2) is 0 Å². The third-order valence-electron chi connectivity index (χ3n) is 3.68. The van der Waals surface area contributed by atoms with E-state index in [0.717, 1.165) is 15.0 Å². The molecule has 0 bridgehead atoms. The second-order valence-electron chi connectivity index (χ2n) is 5.94. The summed E-state index contributed by atoms with van der Waals surface area (Å²) < 4.78 is 5.83. The van der Waals surface area contributed by atoms with Gasteiger partial charge in [0.2, 0.25) is 0 Å². The van der Waals surface area contributed by atoms with Crippen LogP contribution in [0.3, 0.4) is 0 Å². The summed E-state index contributed by atoms with van der Waals surface area (Å²) >= 11 is 3.07. The first-order valence-electron chi connectivity index (χ1n) is 8.17. The number of rotatable bonds is 5. The van der Waals surface area contributed by atoms with Crippen molar-refractivity contribution in [2.75, 3.05) is 12.4 Å². The smallest absolute Gasteiger partial charge is 0.341 e. The zero-order valence-corrected chi connectivity index (χ0v) is 16.4. The molecule has 0 fully saturated rings. The number of thiophene rings is 1. The molecule has 0 spiro atoms. The Morgan fingerprint density at radius 3 is 2.62 bits per heavy atom. The van der Waals surface area contributed by atoms with Crippen LogP contribution in [0.2, 0.25) is 0 Å². The molecule has 1 aromatic heterocycles. The van der Waals surface area contributed by atoms with E-state index in [1.807, 2.05) is 42.5 Å². The third-order valence-corrected chi connectivity index (χ3v) is 5.76. The molecule has 6 heteroatoms. The van der Waals surface area contributed by atoms with Crippen molar-refractivity contribution < 1.29 is 14.3 Å². The number of hydrogen-bond donors (Lipinski definition) is 1. The number of benzene rings is 2. The van der Waals surface area contributed by atoms with Crippen LogP contribution in [-0.2, 0) is 4.74 Å². The molecule has 0 unspecified atom stereocenters. The molecule has 0 atom stereocenters. The lowest BCUT2D eigenvalue weighted by Crippen LogP contribution is -2.14. The molecule has 0 aliphatic carbocycles. The highest BCUT2D eigenvalue weighted by molar-refractivity contribution is 7.99. The molecular weight excluding hydrogens is 366 g/mol. The summed E-state index contributed by atoms with van der Waals surface area (Å²) in [6.45, 7) is 4.22. The maximum absolute atomic E-state index is 12.7. The van der Waals surface area contributed by atoms with E-state index in [9.17, 15) is 9.59 Å². The fourth-order valence-corrected chi connectivity index (χ4v) is 4.58. The Kier molecular flexibility index (Phi) is 5.64. The van der Waals surface area contributed by atoms with Crippen molar-refractivity contribution in [2.24, 2.45) is 0 Å². The summed E-state index contributed by atoms with van der Waals surface area (Å²) in [6, 6.07) is 15.0. The predicted octanol–water partition coefficient (Wildman–Crippen LogP) is 5.44. The highest BCUT2D eigenvalue weighted by Crippen LogP contribution is 2.36. The van der Waals surface area contributed by atoms with E-state index in [0.29, 0.717) is 21.4 Å². The molecule has 26 heavy (non-hydrogen) atoms. The molecular formula is C20H19NO3S2. The average molecular weight is 386 g/mol. The van der Waals surface area contributed by atoms with Crippen LogP contribution in [0.4, 0.5) is 5.00 Å². The molecule has 0 saturated heterocycles. The number of nitrogens with one attached hydrogen (secondary N) is 1. The van der Waals surface area contributed by atoms with Gasteiger partial charge in [0.1, 0.15) is 10.6 Å². The van der Waals surface area contributed by atoms with Gasteiger partial charge in [0.05, 0.1) is 7.11 Å². The molecule has 3 aromatic rings. The number of ether oxygens (including phenoxy) is 1. The Hall–Kier alpha value is -2.31. The third kappa shape index (κ3) is 3.92. The summed E-state index contributed by atoms with van der Waals surface area (Å²) in [6.07, 6.45) is 0. The van der Waals surface area contributed by atoms with Crippen molar-refractivity contribution in [3.63, 3.8) is 0 Å². The standard InChI is InChI=1S/C20H19NO3S2/c1-12(2)25-14-8-6-7-13(11-14)18(22)21-19-17(20(23)24-3)15-9-4-5-10-16(15)26-19/h4-12H,1-3H3,(H,21,22). The molecule has 4 nitrogen and oxygen atoms in total. The number of thioether (sulfide) groups is 1. The lowest BCUT2D eigenvalue weighted by atomic mass is 10.1. The van der Waals surface area contributed by atoms with Gasteiger partial charge in [-0.05, 0) is 24.3 Å². The van der Waals surface area contributed by atoms with Crippen LogP contribution in [0, 0.1) is 0 Å². The van der Waals surface area contributed by atoms with Gasteiger partial charge in [0, 0.05) is 25.8 Å². The van der Waals surface area contributed by atoms with E-state index in [4.69, 9.17) is 4.74 Å². The normalized spacial score (nSPS) is 10.9. The van der Waals surface area contributed by atoms with Crippen molar-refractivity contribution in [2.45, 2.75) is 24.0 Å². The lowest BCUT2D eigenvalue weighted by molar-refractivity contribution is 0.0604. The number of fused-ring (bicyclic) bond motifs is 1. The summed E-state index contributed by atoms with van der Waals surface area (Å²) in [5, 5.41) is 4.60. The van der Waals surface area contributed by atoms with Crippen LogP contribution in [0.15, 0.2) is 53.4 Å². The maximum atomic E-state index is 12.7. The first-order valence-corrected chi connectivity index (χ1v) is 9.87. The fraction of sp³-hybridized carbons (Fsp3) is 0.200. The Morgan fingerprint density at radius 2 is 1.88 bits per heavy atom. The zero-order chi connectivity index (χ0) is 18.7. The average Bonchev–Trinajstić information content (AvgIpc) is 2.98. The van der Waals surface area contributed by atoms with Gasteiger partial charge >= 0.3 is 5.97 Å².